The van der Waals surface area contributed by atoms with Gasteiger partial charge in [0, 0.05) is 0 Å². The largest absolute Gasteiger partial charge is 0.481 e. The molecule has 1 N–H and O–H groups in total. The fourth-order valence-corrected chi connectivity index (χ4v) is 3.99. The number of aryl methyl sites for hydroxylation is 2. The van der Waals surface area contributed by atoms with Gasteiger partial charge in [0.1, 0.15) is 5.75 Å². The predicted octanol–water partition coefficient (Wildman–Crippen LogP) is 5.72. The summed E-state index contributed by atoms with van der Waals surface area (Å²) in [6.07, 6.45) is 5.21. The van der Waals surface area contributed by atoms with E-state index in [9.17, 15) is 4.79 Å². The minimum absolute atomic E-state index is 0.0196. The summed E-state index contributed by atoms with van der Waals surface area (Å²) in [5.74, 6) is 1.08. The highest BCUT2D eigenvalue weighted by atomic mass is 16.5. The molecule has 28 heavy (non-hydrogen) atoms. The molecule has 0 aliphatic heterocycles. The molecule has 2 aromatic carbocycles. The molecule has 150 valence electrons. The lowest BCUT2D eigenvalue weighted by molar-refractivity contribution is -0.128. The van der Waals surface area contributed by atoms with Gasteiger partial charge in [-0.1, -0.05) is 57.2 Å². The highest BCUT2D eigenvalue weighted by Gasteiger charge is 2.21. The first-order valence-electron chi connectivity index (χ1n) is 10.7. The second-order valence-electron chi connectivity index (χ2n) is 8.16. The van der Waals surface area contributed by atoms with Crippen LogP contribution in [0.4, 0.5) is 0 Å². The molecule has 1 amide bonds. The lowest BCUT2D eigenvalue weighted by atomic mass is 9.89. The number of ether oxygens (including phenoxy) is 1. The van der Waals surface area contributed by atoms with Gasteiger partial charge in [-0.25, -0.2) is 0 Å². The summed E-state index contributed by atoms with van der Waals surface area (Å²) in [5, 5.41) is 3.19. The van der Waals surface area contributed by atoms with E-state index in [1.165, 1.54) is 36.0 Å². The van der Waals surface area contributed by atoms with E-state index in [2.05, 4.69) is 50.4 Å². The van der Waals surface area contributed by atoms with Gasteiger partial charge in [-0.05, 0) is 73.3 Å². The van der Waals surface area contributed by atoms with Crippen LogP contribution < -0.4 is 10.1 Å². The average molecular weight is 380 g/mol. The van der Waals surface area contributed by atoms with Crippen molar-refractivity contribution in [1.29, 1.82) is 0 Å². The highest BCUT2D eigenvalue weighted by Crippen LogP contribution is 2.28. The standard InChI is InChI=1S/C25H33NO2/c1-5-23(21-15-14-19-10-6-7-11-20(19)16-21)26-25(27)18(4)28-24-13-9-8-12-22(24)17(2)3/h8-9,12-18,23H,5-7,10-11H2,1-4H3,(H,26,27)/t18-,23-/m1/s1. The fourth-order valence-electron chi connectivity index (χ4n) is 3.99. The summed E-state index contributed by atoms with van der Waals surface area (Å²) < 4.78 is 6.03. The van der Waals surface area contributed by atoms with Crippen molar-refractivity contribution in [2.45, 2.75) is 77.9 Å². The molecule has 0 unspecified atom stereocenters. The molecule has 0 heterocycles. The Morgan fingerprint density at radius 1 is 1.04 bits per heavy atom. The number of carbonyl (C=O) groups is 1. The second kappa shape index (κ2) is 9.27. The van der Waals surface area contributed by atoms with Crippen molar-refractivity contribution >= 4 is 5.91 Å². The molecule has 1 aliphatic rings. The maximum absolute atomic E-state index is 12.8. The summed E-state index contributed by atoms with van der Waals surface area (Å²) in [6.45, 7) is 8.21. The zero-order valence-corrected chi connectivity index (χ0v) is 17.6. The summed E-state index contributed by atoms with van der Waals surface area (Å²) in [6, 6.07) is 14.7. The Balaban J connectivity index is 1.68. The number of rotatable bonds is 7. The lowest BCUT2D eigenvalue weighted by Crippen LogP contribution is -2.38. The minimum atomic E-state index is -0.536. The van der Waals surface area contributed by atoms with Gasteiger partial charge >= 0.3 is 0 Å². The molecule has 3 heteroatoms. The number of hydrogen-bond donors (Lipinski definition) is 1. The Morgan fingerprint density at radius 2 is 1.75 bits per heavy atom. The molecule has 0 saturated heterocycles. The van der Waals surface area contributed by atoms with Crippen LogP contribution in [0.2, 0.25) is 0 Å². The topological polar surface area (TPSA) is 38.3 Å². The van der Waals surface area contributed by atoms with Gasteiger partial charge in [-0.15, -0.1) is 0 Å². The molecule has 3 rings (SSSR count). The molecule has 2 aromatic rings. The van der Waals surface area contributed by atoms with Crippen LogP contribution in [0, 0.1) is 0 Å². The summed E-state index contributed by atoms with van der Waals surface area (Å²) >= 11 is 0. The smallest absolute Gasteiger partial charge is 0.261 e. The van der Waals surface area contributed by atoms with Crippen molar-refractivity contribution in [1.82, 2.24) is 5.32 Å². The van der Waals surface area contributed by atoms with Gasteiger partial charge in [0.2, 0.25) is 0 Å². The van der Waals surface area contributed by atoms with E-state index in [0.29, 0.717) is 5.92 Å². The van der Waals surface area contributed by atoms with E-state index >= 15 is 0 Å². The monoisotopic (exact) mass is 379 g/mol. The molecule has 0 radical (unpaired) electrons. The number of carbonyl (C=O) groups excluding carboxylic acids is 1. The zero-order chi connectivity index (χ0) is 20.1. The number of nitrogens with one attached hydrogen (secondary N) is 1. The van der Waals surface area contributed by atoms with E-state index in [1.54, 1.807) is 0 Å². The minimum Gasteiger partial charge on any atom is -0.481 e. The van der Waals surface area contributed by atoms with Gasteiger partial charge in [-0.3, -0.25) is 4.79 Å². The van der Waals surface area contributed by atoms with Crippen LogP contribution in [0.3, 0.4) is 0 Å². The maximum Gasteiger partial charge on any atom is 0.261 e. The number of fused-ring (bicyclic) bond motifs is 1. The van der Waals surface area contributed by atoms with Crippen LogP contribution in [0.25, 0.3) is 0 Å². The first kappa shape index (κ1) is 20.4. The van der Waals surface area contributed by atoms with E-state index in [0.717, 1.165) is 24.2 Å². The van der Waals surface area contributed by atoms with Crippen molar-refractivity contribution in [3.05, 3.63) is 64.7 Å². The van der Waals surface area contributed by atoms with Gasteiger partial charge in [-0.2, -0.15) is 0 Å². The molecule has 1 aliphatic carbocycles. The Morgan fingerprint density at radius 3 is 2.46 bits per heavy atom. The van der Waals surface area contributed by atoms with Crippen LogP contribution in [0.5, 0.6) is 5.75 Å². The Labute approximate surface area is 169 Å². The molecule has 0 spiro atoms. The quantitative estimate of drug-likeness (QED) is 0.668. The average Bonchev–Trinajstić information content (AvgIpc) is 2.71. The molecule has 2 atom stereocenters. The third-order valence-corrected chi connectivity index (χ3v) is 5.71. The normalized spacial score (nSPS) is 15.6. The first-order chi connectivity index (χ1) is 13.5. The van der Waals surface area contributed by atoms with Crippen molar-refractivity contribution < 1.29 is 9.53 Å². The number of benzene rings is 2. The van der Waals surface area contributed by atoms with Gasteiger partial charge < -0.3 is 10.1 Å². The third-order valence-electron chi connectivity index (χ3n) is 5.71. The molecule has 0 bridgehead atoms. The Bertz CT molecular complexity index is 812. The van der Waals surface area contributed by atoms with Crippen LogP contribution in [0.15, 0.2) is 42.5 Å². The van der Waals surface area contributed by atoms with Crippen molar-refractivity contribution in [2.75, 3.05) is 0 Å². The Kier molecular flexibility index (Phi) is 6.77. The van der Waals surface area contributed by atoms with Crippen LogP contribution in [-0.4, -0.2) is 12.0 Å². The van der Waals surface area contributed by atoms with E-state index in [4.69, 9.17) is 4.74 Å². The number of para-hydroxylation sites is 1. The first-order valence-corrected chi connectivity index (χ1v) is 10.7. The summed E-state index contributed by atoms with van der Waals surface area (Å²) in [7, 11) is 0. The van der Waals surface area contributed by atoms with Crippen molar-refractivity contribution in [3.8, 4) is 5.75 Å². The van der Waals surface area contributed by atoms with Gasteiger partial charge in [0.15, 0.2) is 6.10 Å². The predicted molar refractivity (Wildman–Crippen MR) is 115 cm³/mol. The van der Waals surface area contributed by atoms with Crippen LogP contribution in [-0.2, 0) is 17.6 Å². The van der Waals surface area contributed by atoms with E-state index in [1.807, 2.05) is 25.1 Å². The van der Waals surface area contributed by atoms with Crippen molar-refractivity contribution in [2.24, 2.45) is 0 Å². The van der Waals surface area contributed by atoms with Crippen LogP contribution in [0.1, 0.15) is 81.2 Å². The van der Waals surface area contributed by atoms with Crippen molar-refractivity contribution in [3.63, 3.8) is 0 Å². The van der Waals surface area contributed by atoms with Gasteiger partial charge in [0.05, 0.1) is 6.04 Å². The molecule has 0 saturated carbocycles. The summed E-state index contributed by atoms with van der Waals surface area (Å²) in [5.41, 5.74) is 5.25. The maximum atomic E-state index is 12.8. The van der Waals surface area contributed by atoms with Gasteiger partial charge in [0.25, 0.3) is 5.91 Å². The number of amides is 1. The SMILES string of the molecule is CC[C@@H](NC(=O)[C@@H](C)Oc1ccccc1C(C)C)c1ccc2c(c1)CCCC2. The lowest BCUT2D eigenvalue weighted by Gasteiger charge is -2.24. The van der Waals surface area contributed by atoms with Crippen LogP contribution >= 0.6 is 0 Å². The second-order valence-corrected chi connectivity index (χ2v) is 8.16. The number of hydrogen-bond acceptors (Lipinski definition) is 2. The zero-order valence-electron chi connectivity index (χ0n) is 17.6. The van der Waals surface area contributed by atoms with E-state index in [-0.39, 0.29) is 11.9 Å². The molecular weight excluding hydrogens is 346 g/mol. The molecule has 0 fully saturated rings. The molecular formula is C25H33NO2. The summed E-state index contributed by atoms with van der Waals surface area (Å²) in [4.78, 5) is 12.8. The fraction of sp³-hybridized carbons (Fsp3) is 0.480. The molecule has 3 nitrogen and oxygen atoms in total. The highest BCUT2D eigenvalue weighted by molar-refractivity contribution is 5.81. The Hall–Kier alpha value is -2.29. The third kappa shape index (κ3) is 4.76. The molecule has 0 aromatic heterocycles. The van der Waals surface area contributed by atoms with E-state index < -0.39 is 6.10 Å².